The zero-order chi connectivity index (χ0) is 22.0. The van der Waals surface area contributed by atoms with Crippen LogP contribution in [0.1, 0.15) is 11.3 Å². The van der Waals surface area contributed by atoms with Crippen molar-refractivity contribution in [2.24, 2.45) is 0 Å². The van der Waals surface area contributed by atoms with E-state index in [9.17, 15) is 9.18 Å². The van der Waals surface area contributed by atoms with Gasteiger partial charge in [-0.2, -0.15) is 0 Å². The van der Waals surface area contributed by atoms with Crippen LogP contribution in [0, 0.1) is 12.7 Å². The topological polar surface area (TPSA) is 57.9 Å². The summed E-state index contributed by atoms with van der Waals surface area (Å²) >= 11 is 6.04. The van der Waals surface area contributed by atoms with E-state index in [-0.39, 0.29) is 28.4 Å². The summed E-state index contributed by atoms with van der Waals surface area (Å²) in [6, 6.07) is 16.2. The number of aryl methyl sites for hydroxylation is 1. The molecule has 0 aliphatic carbocycles. The van der Waals surface area contributed by atoms with E-state index in [0.29, 0.717) is 34.0 Å². The highest BCUT2D eigenvalue weighted by molar-refractivity contribution is 6.31. The maximum Gasteiger partial charge on any atom is 0.235 e. The Morgan fingerprint density at radius 3 is 2.55 bits per heavy atom. The van der Waals surface area contributed by atoms with Gasteiger partial charge < -0.3 is 18.6 Å². The first kappa shape index (κ1) is 20.8. The van der Waals surface area contributed by atoms with Gasteiger partial charge in [0.25, 0.3) is 0 Å². The van der Waals surface area contributed by atoms with Gasteiger partial charge in [-0.1, -0.05) is 29.8 Å². The molecule has 0 atom stereocenters. The highest BCUT2D eigenvalue weighted by atomic mass is 35.5. The molecule has 0 N–H and O–H groups in total. The van der Waals surface area contributed by atoms with Gasteiger partial charge in [-0.3, -0.25) is 4.79 Å². The van der Waals surface area contributed by atoms with Crippen LogP contribution in [0.2, 0.25) is 5.02 Å². The van der Waals surface area contributed by atoms with Crippen molar-refractivity contribution in [2.45, 2.75) is 13.5 Å². The lowest BCUT2D eigenvalue weighted by molar-refractivity contribution is 0.300. The van der Waals surface area contributed by atoms with Crippen molar-refractivity contribution in [1.29, 1.82) is 0 Å². The van der Waals surface area contributed by atoms with Crippen LogP contribution in [-0.2, 0) is 6.61 Å². The molecular formula is C24H18ClFO5. The number of hydrogen-bond donors (Lipinski definition) is 0. The molecule has 0 fully saturated rings. The SMILES string of the molecule is COc1ccccc1Oc1c(C)oc2cc(OCc3c(F)cccc3Cl)ccc2c1=O. The van der Waals surface area contributed by atoms with Crippen molar-refractivity contribution in [3.8, 4) is 23.0 Å². The predicted octanol–water partition coefficient (Wildman–Crippen LogP) is 6.27. The molecule has 3 aromatic carbocycles. The number of ether oxygens (including phenoxy) is 3. The average Bonchev–Trinajstić information content (AvgIpc) is 2.76. The van der Waals surface area contributed by atoms with E-state index in [1.165, 1.54) is 19.2 Å². The molecule has 31 heavy (non-hydrogen) atoms. The molecule has 0 unspecified atom stereocenters. The Kier molecular flexibility index (Phi) is 5.82. The van der Waals surface area contributed by atoms with Crippen LogP contribution in [0.25, 0.3) is 11.0 Å². The van der Waals surface area contributed by atoms with Crippen LogP contribution < -0.4 is 19.6 Å². The normalized spacial score (nSPS) is 10.8. The van der Waals surface area contributed by atoms with E-state index in [2.05, 4.69) is 0 Å². The standard InChI is InChI=1S/C24H18ClFO5/c1-14-24(31-21-9-4-3-8-20(21)28-2)23(27)16-11-10-15(12-22(16)30-14)29-13-17-18(25)6-5-7-19(17)26/h3-12H,13H2,1-2H3. The molecule has 1 aromatic heterocycles. The zero-order valence-electron chi connectivity index (χ0n) is 16.8. The van der Waals surface area contributed by atoms with Gasteiger partial charge in [0.15, 0.2) is 11.5 Å². The molecule has 0 saturated heterocycles. The molecule has 1 heterocycles. The summed E-state index contributed by atoms with van der Waals surface area (Å²) in [5.41, 5.74) is 0.253. The second-order valence-corrected chi connectivity index (χ2v) is 7.12. The maximum absolute atomic E-state index is 13.9. The first-order valence-electron chi connectivity index (χ1n) is 9.42. The van der Waals surface area contributed by atoms with Crippen molar-refractivity contribution in [1.82, 2.24) is 0 Å². The van der Waals surface area contributed by atoms with Crippen molar-refractivity contribution in [3.63, 3.8) is 0 Å². The van der Waals surface area contributed by atoms with Gasteiger partial charge >= 0.3 is 0 Å². The largest absolute Gasteiger partial charge is 0.493 e. The summed E-state index contributed by atoms with van der Waals surface area (Å²) < 4.78 is 36.5. The van der Waals surface area contributed by atoms with Crippen molar-refractivity contribution < 1.29 is 23.0 Å². The Morgan fingerprint density at radius 1 is 1.03 bits per heavy atom. The van der Waals surface area contributed by atoms with Crippen molar-refractivity contribution >= 4 is 22.6 Å². The number of fused-ring (bicyclic) bond motifs is 1. The molecule has 0 saturated carbocycles. The van der Waals surface area contributed by atoms with Gasteiger partial charge in [-0.25, -0.2) is 4.39 Å². The van der Waals surface area contributed by atoms with E-state index >= 15 is 0 Å². The number of para-hydroxylation sites is 2. The lowest BCUT2D eigenvalue weighted by atomic mass is 10.2. The predicted molar refractivity (Wildman–Crippen MR) is 116 cm³/mol. The third-order valence-electron chi connectivity index (χ3n) is 4.71. The number of methoxy groups -OCH3 is 1. The number of halogens is 2. The molecule has 4 aromatic rings. The quantitative estimate of drug-likeness (QED) is 0.353. The van der Waals surface area contributed by atoms with E-state index in [1.807, 2.05) is 0 Å². The minimum atomic E-state index is -0.450. The molecule has 158 valence electrons. The lowest BCUT2D eigenvalue weighted by Gasteiger charge is -2.12. The van der Waals surface area contributed by atoms with Gasteiger partial charge in [0.2, 0.25) is 11.2 Å². The zero-order valence-corrected chi connectivity index (χ0v) is 17.5. The molecule has 0 radical (unpaired) electrons. The number of rotatable bonds is 6. The fourth-order valence-corrected chi connectivity index (χ4v) is 3.33. The van der Waals surface area contributed by atoms with Gasteiger partial charge in [-0.05, 0) is 43.3 Å². The molecular weight excluding hydrogens is 423 g/mol. The van der Waals surface area contributed by atoms with Gasteiger partial charge in [0.05, 0.1) is 17.5 Å². The summed E-state index contributed by atoms with van der Waals surface area (Å²) in [6.07, 6.45) is 0. The number of hydrogen-bond acceptors (Lipinski definition) is 5. The van der Waals surface area contributed by atoms with E-state index in [0.717, 1.165) is 0 Å². The van der Waals surface area contributed by atoms with Crippen LogP contribution in [0.3, 0.4) is 0 Å². The summed E-state index contributed by atoms with van der Waals surface area (Å²) in [7, 11) is 1.52. The third-order valence-corrected chi connectivity index (χ3v) is 5.07. The molecule has 0 spiro atoms. The Morgan fingerprint density at radius 2 is 1.81 bits per heavy atom. The maximum atomic E-state index is 13.9. The average molecular weight is 441 g/mol. The summed E-state index contributed by atoms with van der Waals surface area (Å²) in [5, 5.41) is 0.605. The smallest absolute Gasteiger partial charge is 0.235 e. The molecule has 0 amide bonds. The summed E-state index contributed by atoms with van der Waals surface area (Å²) in [6.45, 7) is 1.58. The van der Waals surface area contributed by atoms with Crippen LogP contribution in [0.4, 0.5) is 4.39 Å². The monoisotopic (exact) mass is 440 g/mol. The number of benzene rings is 3. The van der Waals surface area contributed by atoms with Crippen molar-refractivity contribution in [2.75, 3.05) is 7.11 Å². The molecule has 7 heteroatoms. The van der Waals surface area contributed by atoms with Gasteiger partial charge in [0, 0.05) is 11.6 Å². The molecule has 0 aliphatic rings. The Bertz CT molecular complexity index is 1300. The lowest BCUT2D eigenvalue weighted by Crippen LogP contribution is -2.08. The van der Waals surface area contributed by atoms with Crippen LogP contribution in [0.5, 0.6) is 23.0 Å². The van der Waals surface area contributed by atoms with Crippen LogP contribution in [0.15, 0.2) is 69.9 Å². The van der Waals surface area contributed by atoms with Crippen molar-refractivity contribution in [3.05, 3.63) is 93.1 Å². The third kappa shape index (κ3) is 4.20. The minimum absolute atomic E-state index is 0.0603. The molecule has 5 nitrogen and oxygen atoms in total. The van der Waals surface area contributed by atoms with E-state index < -0.39 is 5.82 Å². The second kappa shape index (κ2) is 8.70. The first-order valence-corrected chi connectivity index (χ1v) is 9.79. The molecule has 0 aliphatic heterocycles. The Hall–Kier alpha value is -3.51. The molecule has 0 bridgehead atoms. The fourth-order valence-electron chi connectivity index (χ4n) is 3.11. The first-order chi connectivity index (χ1) is 15.0. The summed E-state index contributed by atoms with van der Waals surface area (Å²) in [4.78, 5) is 13.0. The minimum Gasteiger partial charge on any atom is -0.493 e. The molecule has 4 rings (SSSR count). The van der Waals surface area contributed by atoms with Crippen LogP contribution in [-0.4, -0.2) is 7.11 Å². The van der Waals surface area contributed by atoms with E-state index in [4.69, 9.17) is 30.2 Å². The second-order valence-electron chi connectivity index (χ2n) is 6.72. The highest BCUT2D eigenvalue weighted by Gasteiger charge is 2.16. The summed E-state index contributed by atoms with van der Waals surface area (Å²) in [5.74, 6) is 1.24. The Labute approximate surface area is 182 Å². The Balaban J connectivity index is 1.64. The van der Waals surface area contributed by atoms with Crippen LogP contribution >= 0.6 is 11.6 Å². The van der Waals surface area contributed by atoms with Gasteiger partial charge in [0.1, 0.15) is 29.5 Å². The fraction of sp³-hybridized carbons (Fsp3) is 0.125. The van der Waals surface area contributed by atoms with Gasteiger partial charge in [-0.15, -0.1) is 0 Å². The highest BCUT2D eigenvalue weighted by Crippen LogP contribution is 2.33. The van der Waals surface area contributed by atoms with E-state index in [1.54, 1.807) is 55.5 Å².